The van der Waals surface area contributed by atoms with Crippen LogP contribution in [0.3, 0.4) is 0 Å². The Morgan fingerprint density at radius 1 is 0.881 bits per heavy atom. The minimum Gasteiger partial charge on any atom is -0.507 e. The molecule has 8 heteroatoms. The zero-order chi connectivity index (χ0) is 30.7. The molecule has 0 bridgehead atoms. The Kier molecular flexibility index (Phi) is 9.04. The van der Waals surface area contributed by atoms with Gasteiger partial charge in [-0.2, -0.15) is 0 Å². The second-order valence-corrected chi connectivity index (χ2v) is 12.7. The van der Waals surface area contributed by atoms with Crippen molar-refractivity contribution in [2.45, 2.75) is 71.3 Å². The van der Waals surface area contributed by atoms with Gasteiger partial charge in [-0.3, -0.25) is 9.59 Å². The van der Waals surface area contributed by atoms with Gasteiger partial charge in [0.25, 0.3) is 5.91 Å². The van der Waals surface area contributed by atoms with Crippen LogP contribution in [0.1, 0.15) is 76.3 Å². The fourth-order valence-electron chi connectivity index (χ4n) is 4.91. The quantitative estimate of drug-likeness (QED) is 0.296. The standard InChI is InChI=1S/C34H42N2O6/c1-33(2,3)25-18-21(19-26(31(25)38)34(4,5)6)8-15-29(37)36-30(22-9-12-24(40-7)13-10-22)32(39)35-23-11-14-27-28(20-23)42-17-16-41-27/h9-14,18-20,30,38H,8,15-17H2,1-7H3,(H,35,39)(H,36,37)/t30-/m0/s1. The van der Waals surface area contributed by atoms with Gasteiger partial charge in [0, 0.05) is 18.2 Å². The minimum absolute atomic E-state index is 0.169. The first-order valence-electron chi connectivity index (χ1n) is 14.3. The van der Waals surface area contributed by atoms with Crippen molar-refractivity contribution in [3.63, 3.8) is 0 Å². The van der Waals surface area contributed by atoms with Crippen molar-refractivity contribution >= 4 is 17.5 Å². The summed E-state index contributed by atoms with van der Waals surface area (Å²) in [5, 5.41) is 16.9. The lowest BCUT2D eigenvalue weighted by Crippen LogP contribution is -2.37. The summed E-state index contributed by atoms with van der Waals surface area (Å²) in [7, 11) is 1.57. The van der Waals surface area contributed by atoms with Crippen LogP contribution in [0.4, 0.5) is 5.69 Å². The number of methoxy groups -OCH3 is 1. The van der Waals surface area contributed by atoms with Crippen molar-refractivity contribution in [2.75, 3.05) is 25.6 Å². The molecule has 0 aromatic heterocycles. The van der Waals surface area contributed by atoms with E-state index in [0.717, 1.165) is 16.7 Å². The van der Waals surface area contributed by atoms with Crippen molar-refractivity contribution in [2.24, 2.45) is 0 Å². The highest BCUT2D eigenvalue weighted by Gasteiger charge is 2.27. The summed E-state index contributed by atoms with van der Waals surface area (Å²) in [6, 6.07) is 15.3. The average Bonchev–Trinajstić information content (AvgIpc) is 2.94. The van der Waals surface area contributed by atoms with Crippen LogP contribution in [-0.2, 0) is 26.8 Å². The maximum absolute atomic E-state index is 13.5. The smallest absolute Gasteiger partial charge is 0.251 e. The van der Waals surface area contributed by atoms with E-state index >= 15 is 0 Å². The molecule has 0 aliphatic carbocycles. The number of carbonyl (C=O) groups excluding carboxylic acids is 2. The summed E-state index contributed by atoms with van der Waals surface area (Å²) in [5.41, 5.74) is 3.26. The second-order valence-electron chi connectivity index (χ2n) is 12.7. The molecule has 0 spiro atoms. The summed E-state index contributed by atoms with van der Waals surface area (Å²) in [6.07, 6.45) is 0.624. The van der Waals surface area contributed by atoms with E-state index in [-0.39, 0.29) is 29.1 Å². The van der Waals surface area contributed by atoms with Crippen LogP contribution in [0, 0.1) is 0 Å². The van der Waals surface area contributed by atoms with E-state index < -0.39 is 6.04 Å². The Hall–Kier alpha value is -4.20. The lowest BCUT2D eigenvalue weighted by Gasteiger charge is -2.28. The van der Waals surface area contributed by atoms with E-state index in [9.17, 15) is 14.7 Å². The van der Waals surface area contributed by atoms with Gasteiger partial charge in [-0.1, -0.05) is 65.8 Å². The number of fused-ring (bicyclic) bond motifs is 1. The van der Waals surface area contributed by atoms with Crippen LogP contribution in [-0.4, -0.2) is 37.2 Å². The highest BCUT2D eigenvalue weighted by molar-refractivity contribution is 5.98. The van der Waals surface area contributed by atoms with Crippen LogP contribution in [0.5, 0.6) is 23.0 Å². The normalized spacial score (nSPS) is 13.7. The maximum atomic E-state index is 13.5. The predicted octanol–water partition coefficient (Wildman–Crippen LogP) is 6.20. The molecule has 0 unspecified atom stereocenters. The van der Waals surface area contributed by atoms with Gasteiger partial charge < -0.3 is 30.0 Å². The number of hydrogen-bond acceptors (Lipinski definition) is 6. The Labute approximate surface area is 248 Å². The monoisotopic (exact) mass is 574 g/mol. The van der Waals surface area contributed by atoms with Crippen LogP contribution in [0.2, 0.25) is 0 Å². The topological polar surface area (TPSA) is 106 Å². The SMILES string of the molecule is COc1ccc([C@H](NC(=O)CCc2cc(C(C)(C)C)c(O)c(C(C)(C)C)c2)C(=O)Nc2ccc3c(c2)OCCO3)cc1. The molecule has 3 aromatic carbocycles. The summed E-state index contributed by atoms with van der Waals surface area (Å²) in [6.45, 7) is 13.3. The van der Waals surface area contributed by atoms with Crippen molar-refractivity contribution in [3.05, 3.63) is 76.9 Å². The van der Waals surface area contributed by atoms with Gasteiger partial charge in [-0.25, -0.2) is 0 Å². The number of aryl methyl sites for hydroxylation is 1. The van der Waals surface area contributed by atoms with Crippen molar-refractivity contribution in [1.82, 2.24) is 5.32 Å². The highest BCUT2D eigenvalue weighted by atomic mass is 16.6. The molecule has 3 aromatic rings. The Bertz CT molecular complexity index is 1400. The molecular weight excluding hydrogens is 532 g/mol. The van der Waals surface area contributed by atoms with Crippen molar-refractivity contribution < 1.29 is 28.9 Å². The summed E-state index contributed by atoms with van der Waals surface area (Å²) in [5.74, 6) is 1.47. The fraction of sp³-hybridized carbons (Fsp3) is 0.412. The van der Waals surface area contributed by atoms with Gasteiger partial charge >= 0.3 is 0 Å². The Balaban J connectivity index is 1.54. The van der Waals surface area contributed by atoms with E-state index in [1.807, 2.05) is 12.1 Å². The van der Waals surface area contributed by atoms with E-state index in [2.05, 4.69) is 52.2 Å². The minimum atomic E-state index is -0.938. The number of carbonyl (C=O) groups is 2. The molecule has 224 valence electrons. The van der Waals surface area contributed by atoms with Crippen LogP contribution < -0.4 is 24.8 Å². The Morgan fingerprint density at radius 3 is 2.05 bits per heavy atom. The van der Waals surface area contributed by atoms with Crippen LogP contribution >= 0.6 is 0 Å². The molecule has 1 atom stereocenters. The number of nitrogens with one attached hydrogen (secondary N) is 2. The maximum Gasteiger partial charge on any atom is 0.251 e. The summed E-state index contributed by atoms with van der Waals surface area (Å²) < 4.78 is 16.5. The Morgan fingerprint density at radius 2 is 1.48 bits per heavy atom. The van der Waals surface area contributed by atoms with Crippen molar-refractivity contribution in [1.29, 1.82) is 0 Å². The first-order chi connectivity index (χ1) is 19.8. The molecule has 0 saturated carbocycles. The molecule has 0 saturated heterocycles. The van der Waals surface area contributed by atoms with E-state index in [1.165, 1.54) is 0 Å². The van der Waals surface area contributed by atoms with Gasteiger partial charge in [0.05, 0.1) is 7.11 Å². The summed E-state index contributed by atoms with van der Waals surface area (Å²) >= 11 is 0. The largest absolute Gasteiger partial charge is 0.507 e. The van der Waals surface area contributed by atoms with Gasteiger partial charge in [-0.15, -0.1) is 0 Å². The summed E-state index contributed by atoms with van der Waals surface area (Å²) in [4.78, 5) is 26.8. The fourth-order valence-corrected chi connectivity index (χ4v) is 4.91. The van der Waals surface area contributed by atoms with Gasteiger partial charge in [-0.05, 0) is 63.8 Å². The third kappa shape index (κ3) is 7.35. The van der Waals surface area contributed by atoms with Gasteiger partial charge in [0.1, 0.15) is 30.8 Å². The number of ether oxygens (including phenoxy) is 3. The molecule has 0 fully saturated rings. The first-order valence-corrected chi connectivity index (χ1v) is 14.3. The molecule has 0 radical (unpaired) electrons. The number of aromatic hydroxyl groups is 1. The lowest BCUT2D eigenvalue weighted by atomic mass is 9.78. The third-order valence-electron chi connectivity index (χ3n) is 7.25. The van der Waals surface area contributed by atoms with Gasteiger partial charge in [0.2, 0.25) is 5.91 Å². The number of hydrogen-bond donors (Lipinski definition) is 3. The second kappa shape index (κ2) is 12.3. The average molecular weight is 575 g/mol. The van der Waals surface area contributed by atoms with Gasteiger partial charge in [0.15, 0.2) is 11.5 Å². The molecule has 2 amide bonds. The van der Waals surface area contributed by atoms with E-state index in [0.29, 0.717) is 53.9 Å². The molecule has 42 heavy (non-hydrogen) atoms. The van der Waals surface area contributed by atoms with Crippen LogP contribution in [0.25, 0.3) is 0 Å². The van der Waals surface area contributed by atoms with Crippen molar-refractivity contribution in [3.8, 4) is 23.0 Å². The first kappa shape index (κ1) is 30.8. The molecule has 1 aliphatic heterocycles. The molecule has 8 nitrogen and oxygen atoms in total. The molecular formula is C34H42N2O6. The molecule has 1 heterocycles. The lowest BCUT2D eigenvalue weighted by molar-refractivity contribution is -0.126. The zero-order valence-electron chi connectivity index (χ0n) is 25.6. The zero-order valence-corrected chi connectivity index (χ0v) is 25.6. The molecule has 1 aliphatic rings. The number of anilines is 1. The third-order valence-corrected chi connectivity index (χ3v) is 7.25. The number of phenolic OH excluding ortho intramolecular Hbond substituents is 1. The highest BCUT2D eigenvalue weighted by Crippen LogP contribution is 2.40. The van der Waals surface area contributed by atoms with E-state index in [4.69, 9.17) is 14.2 Å². The number of rotatable bonds is 8. The van der Waals surface area contributed by atoms with E-state index in [1.54, 1.807) is 49.6 Å². The van der Waals surface area contributed by atoms with Crippen LogP contribution in [0.15, 0.2) is 54.6 Å². The predicted molar refractivity (Wildman–Crippen MR) is 164 cm³/mol. The molecule has 4 rings (SSSR count). The number of phenols is 1. The number of amides is 2. The molecule has 3 N–H and O–H groups in total. The number of benzene rings is 3.